The SMILES string of the molecule is C#CCC(C)OC1=IC=NC=C1. The molecule has 0 spiro atoms. The van der Waals surface area contributed by atoms with Crippen molar-refractivity contribution in [2.45, 2.75) is 19.4 Å². The summed E-state index contributed by atoms with van der Waals surface area (Å²) < 4.78 is 8.55. The summed E-state index contributed by atoms with van der Waals surface area (Å²) in [4.78, 5) is 3.98. The van der Waals surface area contributed by atoms with Gasteiger partial charge in [-0.15, -0.1) is 12.3 Å². The smallest absolute Gasteiger partial charge is 0.110 e. The van der Waals surface area contributed by atoms with Crippen molar-refractivity contribution in [1.82, 2.24) is 0 Å². The van der Waals surface area contributed by atoms with Gasteiger partial charge >= 0.3 is 0 Å². The third kappa shape index (κ3) is 3.28. The standard InChI is InChI=1S/C9H10INO/c1-3-4-8(2)12-9-5-6-11-7-10-9/h1,5-8H,4H2,2H3. The van der Waals surface area contributed by atoms with Crippen LogP contribution >= 0.6 is 20.7 Å². The van der Waals surface area contributed by atoms with Crippen LogP contribution in [-0.2, 0) is 4.74 Å². The van der Waals surface area contributed by atoms with Crippen molar-refractivity contribution in [3.05, 3.63) is 12.3 Å². The van der Waals surface area contributed by atoms with Gasteiger partial charge in [-0.1, -0.05) is 0 Å². The maximum absolute atomic E-state index is 5.58. The first-order chi connectivity index (χ1) is 5.83. The molecule has 1 atom stereocenters. The van der Waals surface area contributed by atoms with Gasteiger partial charge < -0.3 is 4.74 Å². The fourth-order valence-electron chi connectivity index (χ4n) is 0.712. The van der Waals surface area contributed by atoms with Crippen LogP contribution in [0.4, 0.5) is 0 Å². The monoisotopic (exact) mass is 275 g/mol. The van der Waals surface area contributed by atoms with Crippen molar-refractivity contribution in [2.75, 3.05) is 0 Å². The van der Waals surface area contributed by atoms with Crippen LogP contribution in [0.15, 0.2) is 17.3 Å². The summed E-state index contributed by atoms with van der Waals surface area (Å²) >= 11 is -0.149. The van der Waals surface area contributed by atoms with E-state index in [4.69, 9.17) is 11.2 Å². The number of terminal acetylenes is 1. The molecular weight excluding hydrogens is 265 g/mol. The highest BCUT2D eigenvalue weighted by Gasteiger charge is 2.03. The number of hydrogen-bond donors (Lipinski definition) is 0. The Hall–Kier alpha value is -0.470. The molecule has 0 aromatic rings. The third-order valence-corrected chi connectivity index (χ3v) is 3.05. The van der Waals surface area contributed by atoms with E-state index in [9.17, 15) is 0 Å². The second kappa shape index (κ2) is 5.22. The van der Waals surface area contributed by atoms with Crippen molar-refractivity contribution in [3.8, 4) is 12.3 Å². The van der Waals surface area contributed by atoms with Gasteiger partial charge in [0.1, 0.15) is 3.69 Å². The molecule has 12 heavy (non-hydrogen) atoms. The number of halogens is 1. The number of ether oxygens (including phenoxy) is 1. The predicted molar refractivity (Wildman–Crippen MR) is 60.7 cm³/mol. The lowest BCUT2D eigenvalue weighted by molar-refractivity contribution is 0.223. The Balaban J connectivity index is 2.42. The molecule has 0 amide bonds. The quantitative estimate of drug-likeness (QED) is 0.570. The minimum Gasteiger partial charge on any atom is -0.336 e. The molecule has 0 aromatic carbocycles. The van der Waals surface area contributed by atoms with Crippen molar-refractivity contribution in [3.63, 3.8) is 0 Å². The number of hydrogen-bond acceptors (Lipinski definition) is 2. The van der Waals surface area contributed by atoms with E-state index in [2.05, 4.69) is 10.9 Å². The van der Waals surface area contributed by atoms with Gasteiger partial charge in [0.25, 0.3) is 0 Å². The molecule has 1 aliphatic heterocycles. The highest BCUT2D eigenvalue weighted by molar-refractivity contribution is 14.2. The molecule has 64 valence electrons. The van der Waals surface area contributed by atoms with E-state index in [1.807, 2.05) is 17.2 Å². The topological polar surface area (TPSA) is 21.6 Å². The van der Waals surface area contributed by atoms with E-state index < -0.39 is 0 Å². The lowest BCUT2D eigenvalue weighted by atomic mass is 10.3. The molecule has 0 saturated heterocycles. The number of rotatable bonds is 3. The second-order valence-electron chi connectivity index (χ2n) is 2.31. The molecule has 0 N–H and O–H groups in total. The highest BCUT2D eigenvalue weighted by atomic mass is 127. The van der Waals surface area contributed by atoms with E-state index >= 15 is 0 Å². The summed E-state index contributed by atoms with van der Waals surface area (Å²) in [5.74, 6) is 2.57. The van der Waals surface area contributed by atoms with Crippen LogP contribution in [0.3, 0.4) is 0 Å². The van der Waals surface area contributed by atoms with E-state index in [0.717, 1.165) is 3.69 Å². The Morgan fingerprint density at radius 2 is 2.67 bits per heavy atom. The molecule has 0 aliphatic carbocycles. The summed E-state index contributed by atoms with van der Waals surface area (Å²) in [6, 6.07) is 0. The van der Waals surface area contributed by atoms with Gasteiger partial charge in [0.2, 0.25) is 0 Å². The Morgan fingerprint density at radius 1 is 1.83 bits per heavy atom. The van der Waals surface area contributed by atoms with Crippen LogP contribution in [-0.4, -0.2) is 14.0 Å². The first kappa shape index (κ1) is 9.62. The molecule has 0 saturated carbocycles. The minimum absolute atomic E-state index is 0.126. The zero-order valence-corrected chi connectivity index (χ0v) is 8.98. The van der Waals surface area contributed by atoms with E-state index in [1.165, 1.54) is 0 Å². The molecule has 1 unspecified atom stereocenters. The number of aliphatic imine (C=N–C) groups is 1. The van der Waals surface area contributed by atoms with Gasteiger partial charge in [0, 0.05) is 12.6 Å². The summed E-state index contributed by atoms with van der Waals surface area (Å²) in [7, 11) is 0. The lowest BCUT2D eigenvalue weighted by Crippen LogP contribution is -2.11. The second-order valence-corrected chi connectivity index (χ2v) is 4.56. The molecule has 0 radical (unpaired) electrons. The summed E-state index contributed by atoms with van der Waals surface area (Å²) in [5.41, 5.74) is 0. The first-order valence-corrected chi connectivity index (χ1v) is 5.94. The van der Waals surface area contributed by atoms with Crippen molar-refractivity contribution in [1.29, 1.82) is 0 Å². The van der Waals surface area contributed by atoms with Crippen molar-refractivity contribution >= 4 is 28.6 Å². The van der Waals surface area contributed by atoms with E-state index in [0.29, 0.717) is 6.42 Å². The minimum atomic E-state index is -0.149. The zero-order valence-electron chi connectivity index (χ0n) is 6.83. The van der Waals surface area contributed by atoms with Crippen LogP contribution in [0, 0.1) is 12.3 Å². The fourth-order valence-corrected chi connectivity index (χ4v) is 2.28. The third-order valence-electron chi connectivity index (χ3n) is 1.22. The Morgan fingerprint density at radius 3 is 3.25 bits per heavy atom. The van der Waals surface area contributed by atoms with Crippen LogP contribution < -0.4 is 0 Å². The molecule has 0 bridgehead atoms. The van der Waals surface area contributed by atoms with Crippen LogP contribution in [0.2, 0.25) is 0 Å². The maximum atomic E-state index is 5.58. The van der Waals surface area contributed by atoms with Crippen molar-refractivity contribution < 1.29 is 4.74 Å². The molecule has 1 rings (SSSR count). The van der Waals surface area contributed by atoms with Crippen LogP contribution in [0.1, 0.15) is 13.3 Å². The molecule has 0 fully saturated rings. The van der Waals surface area contributed by atoms with Gasteiger partial charge in [-0.2, -0.15) is 0 Å². The average Bonchev–Trinajstić information content (AvgIpc) is 2.06. The predicted octanol–water partition coefficient (Wildman–Crippen LogP) is 2.07. The van der Waals surface area contributed by atoms with E-state index in [1.54, 1.807) is 6.20 Å². The maximum Gasteiger partial charge on any atom is 0.110 e. The van der Waals surface area contributed by atoms with Gasteiger partial charge in [0.05, 0.1) is 10.3 Å². The average molecular weight is 275 g/mol. The van der Waals surface area contributed by atoms with Gasteiger partial charge in [-0.3, -0.25) is 4.99 Å². The molecule has 2 nitrogen and oxygen atoms in total. The normalized spacial score (nSPS) is 17.5. The van der Waals surface area contributed by atoms with Crippen molar-refractivity contribution in [2.24, 2.45) is 4.99 Å². The molecular formula is C9H10INO. The lowest BCUT2D eigenvalue weighted by Gasteiger charge is -2.09. The van der Waals surface area contributed by atoms with E-state index in [-0.39, 0.29) is 26.8 Å². The largest absolute Gasteiger partial charge is 0.336 e. The van der Waals surface area contributed by atoms with Gasteiger partial charge in [0.15, 0.2) is 0 Å². The van der Waals surface area contributed by atoms with Crippen LogP contribution in [0.25, 0.3) is 0 Å². The molecule has 1 aliphatic rings. The number of nitrogens with zero attached hydrogens (tertiary/aromatic N) is 1. The highest BCUT2D eigenvalue weighted by Crippen LogP contribution is 2.08. The Bertz CT molecular complexity index is 273. The molecule has 0 aromatic heterocycles. The molecule has 3 heteroatoms. The zero-order chi connectivity index (χ0) is 8.81. The van der Waals surface area contributed by atoms with Gasteiger partial charge in [-0.05, 0) is 33.7 Å². The van der Waals surface area contributed by atoms with Crippen LogP contribution in [0.5, 0.6) is 0 Å². The summed E-state index contributed by atoms with van der Waals surface area (Å²) in [6.45, 7) is 1.98. The summed E-state index contributed by atoms with van der Waals surface area (Å²) in [5, 5.41) is 0. The Kier molecular flexibility index (Phi) is 4.19. The Labute approximate surface area is 82.5 Å². The molecule has 1 heterocycles. The van der Waals surface area contributed by atoms with Gasteiger partial charge in [-0.25, -0.2) is 0 Å². The fraction of sp³-hybridized carbons (Fsp3) is 0.333. The first-order valence-electron chi connectivity index (χ1n) is 3.61. The summed E-state index contributed by atoms with van der Waals surface area (Å²) in [6.07, 6.45) is 9.62.